The van der Waals surface area contributed by atoms with Gasteiger partial charge in [-0.2, -0.15) is 5.10 Å². The van der Waals surface area contributed by atoms with Crippen molar-refractivity contribution in [2.75, 3.05) is 5.73 Å². The summed E-state index contributed by atoms with van der Waals surface area (Å²) in [6.45, 7) is 0. The Labute approximate surface area is 102 Å². The number of H-pyrrole nitrogens is 1. The molecule has 1 aliphatic rings. The molecule has 0 atom stereocenters. The molecule has 1 fully saturated rings. The van der Waals surface area contributed by atoms with Crippen molar-refractivity contribution in [3.8, 4) is 11.3 Å². The number of hydrogen-bond donors (Lipinski definition) is 2. The normalized spacial score (nSPS) is 15.3. The van der Waals surface area contributed by atoms with E-state index in [2.05, 4.69) is 44.3 Å². The molecule has 0 spiro atoms. The summed E-state index contributed by atoms with van der Waals surface area (Å²) in [6, 6.07) is 8.28. The number of nitrogen functional groups attached to an aromatic ring is 1. The third-order valence-corrected chi connectivity index (χ3v) is 3.61. The number of aromatic nitrogens is 2. The molecule has 0 amide bonds. The van der Waals surface area contributed by atoms with Crippen molar-refractivity contribution >= 4 is 21.7 Å². The zero-order valence-electron chi connectivity index (χ0n) is 8.70. The largest absolute Gasteiger partial charge is 0.382 e. The van der Waals surface area contributed by atoms with Gasteiger partial charge in [0.05, 0.1) is 5.69 Å². The molecule has 0 radical (unpaired) electrons. The highest BCUT2D eigenvalue weighted by Crippen LogP contribution is 2.44. The van der Waals surface area contributed by atoms with Gasteiger partial charge in [-0.15, -0.1) is 0 Å². The average molecular weight is 278 g/mol. The highest BCUT2D eigenvalue weighted by atomic mass is 79.9. The van der Waals surface area contributed by atoms with E-state index < -0.39 is 0 Å². The van der Waals surface area contributed by atoms with E-state index in [0.29, 0.717) is 5.82 Å². The molecule has 3 nitrogen and oxygen atoms in total. The summed E-state index contributed by atoms with van der Waals surface area (Å²) in [5.74, 6) is 1.28. The summed E-state index contributed by atoms with van der Waals surface area (Å²) in [6.07, 6.45) is 2.63. The molecule has 0 saturated heterocycles. The summed E-state index contributed by atoms with van der Waals surface area (Å²) in [7, 11) is 0. The Kier molecular flexibility index (Phi) is 2.24. The van der Waals surface area contributed by atoms with Gasteiger partial charge in [-0.1, -0.05) is 28.1 Å². The molecule has 1 aromatic heterocycles. The Morgan fingerprint density at radius 3 is 2.69 bits per heavy atom. The quantitative estimate of drug-likeness (QED) is 0.885. The van der Waals surface area contributed by atoms with E-state index in [-0.39, 0.29) is 0 Å². The Bertz CT molecular complexity index is 529. The second-order valence-corrected chi connectivity index (χ2v) is 5.07. The van der Waals surface area contributed by atoms with Crippen LogP contribution in [-0.4, -0.2) is 10.2 Å². The lowest BCUT2D eigenvalue weighted by molar-refractivity contribution is 1.10. The van der Waals surface area contributed by atoms with E-state index in [9.17, 15) is 0 Å². The number of rotatable bonds is 2. The lowest BCUT2D eigenvalue weighted by Gasteiger charge is -2.04. The second kappa shape index (κ2) is 3.63. The lowest BCUT2D eigenvalue weighted by Crippen LogP contribution is -1.84. The van der Waals surface area contributed by atoms with Gasteiger partial charge in [-0.05, 0) is 30.4 Å². The number of anilines is 1. The SMILES string of the molecule is Nc1cc(-c2ccc(C3CC3)c(Br)c2)[nH]n1. The minimum atomic E-state index is 0.525. The summed E-state index contributed by atoms with van der Waals surface area (Å²) in [4.78, 5) is 0. The molecule has 1 aromatic carbocycles. The second-order valence-electron chi connectivity index (χ2n) is 4.22. The van der Waals surface area contributed by atoms with Crippen LogP contribution < -0.4 is 5.73 Å². The smallest absolute Gasteiger partial charge is 0.145 e. The van der Waals surface area contributed by atoms with Gasteiger partial charge in [-0.25, -0.2) is 0 Å². The summed E-state index contributed by atoms with van der Waals surface area (Å²) in [5, 5.41) is 6.85. The van der Waals surface area contributed by atoms with Crippen LogP contribution >= 0.6 is 15.9 Å². The fraction of sp³-hybridized carbons (Fsp3) is 0.250. The number of benzene rings is 1. The van der Waals surface area contributed by atoms with Gasteiger partial charge >= 0.3 is 0 Å². The minimum absolute atomic E-state index is 0.525. The van der Waals surface area contributed by atoms with Gasteiger partial charge < -0.3 is 5.73 Å². The maximum atomic E-state index is 5.59. The average Bonchev–Trinajstić information content (AvgIpc) is 3.01. The van der Waals surface area contributed by atoms with Crippen molar-refractivity contribution in [2.45, 2.75) is 18.8 Å². The van der Waals surface area contributed by atoms with E-state index in [1.807, 2.05) is 6.07 Å². The van der Waals surface area contributed by atoms with Crippen molar-refractivity contribution in [3.05, 3.63) is 34.3 Å². The number of aromatic amines is 1. The van der Waals surface area contributed by atoms with E-state index >= 15 is 0 Å². The van der Waals surface area contributed by atoms with E-state index in [0.717, 1.165) is 17.2 Å². The molecule has 0 aliphatic heterocycles. The van der Waals surface area contributed by atoms with Gasteiger partial charge in [-0.3, -0.25) is 5.10 Å². The zero-order valence-corrected chi connectivity index (χ0v) is 10.3. The molecule has 1 saturated carbocycles. The third-order valence-electron chi connectivity index (χ3n) is 2.93. The predicted molar refractivity (Wildman–Crippen MR) is 68.1 cm³/mol. The number of nitrogens with one attached hydrogen (secondary N) is 1. The van der Waals surface area contributed by atoms with Crippen LogP contribution in [-0.2, 0) is 0 Å². The molecule has 3 rings (SSSR count). The van der Waals surface area contributed by atoms with Crippen LogP contribution in [0.2, 0.25) is 0 Å². The van der Waals surface area contributed by atoms with Crippen LogP contribution in [0.25, 0.3) is 11.3 Å². The Morgan fingerprint density at radius 2 is 2.12 bits per heavy atom. The molecule has 1 aliphatic carbocycles. The monoisotopic (exact) mass is 277 g/mol. The van der Waals surface area contributed by atoms with Gasteiger partial charge in [0, 0.05) is 16.1 Å². The van der Waals surface area contributed by atoms with Crippen molar-refractivity contribution in [3.63, 3.8) is 0 Å². The predicted octanol–water partition coefficient (Wildman–Crippen LogP) is 3.30. The zero-order chi connectivity index (χ0) is 11.1. The summed E-state index contributed by atoms with van der Waals surface area (Å²) in [5.41, 5.74) is 9.07. The van der Waals surface area contributed by atoms with Gasteiger partial charge in [0.25, 0.3) is 0 Å². The maximum absolute atomic E-state index is 5.59. The molecular formula is C12H12BrN3. The molecule has 0 bridgehead atoms. The van der Waals surface area contributed by atoms with Crippen LogP contribution in [0.3, 0.4) is 0 Å². The van der Waals surface area contributed by atoms with Gasteiger partial charge in [0.15, 0.2) is 0 Å². The maximum Gasteiger partial charge on any atom is 0.145 e. The highest BCUT2D eigenvalue weighted by Gasteiger charge is 2.25. The van der Waals surface area contributed by atoms with Crippen LogP contribution in [0.15, 0.2) is 28.7 Å². The van der Waals surface area contributed by atoms with E-state index in [1.54, 1.807) is 0 Å². The van der Waals surface area contributed by atoms with Crippen LogP contribution in [0.4, 0.5) is 5.82 Å². The molecule has 0 unspecified atom stereocenters. The fourth-order valence-electron chi connectivity index (χ4n) is 1.91. The highest BCUT2D eigenvalue weighted by molar-refractivity contribution is 9.10. The van der Waals surface area contributed by atoms with Crippen molar-refractivity contribution in [1.29, 1.82) is 0 Å². The van der Waals surface area contributed by atoms with Gasteiger partial charge in [0.1, 0.15) is 5.82 Å². The first-order chi connectivity index (χ1) is 7.74. The topological polar surface area (TPSA) is 54.7 Å². The van der Waals surface area contributed by atoms with Crippen molar-refractivity contribution < 1.29 is 0 Å². The van der Waals surface area contributed by atoms with Crippen molar-refractivity contribution in [1.82, 2.24) is 10.2 Å². The van der Waals surface area contributed by atoms with Crippen molar-refractivity contribution in [2.24, 2.45) is 0 Å². The first kappa shape index (κ1) is 9.90. The third kappa shape index (κ3) is 1.73. The summed E-state index contributed by atoms with van der Waals surface area (Å²) >= 11 is 3.63. The number of nitrogens with two attached hydrogens (primary N) is 1. The Morgan fingerprint density at radius 1 is 1.31 bits per heavy atom. The summed E-state index contributed by atoms with van der Waals surface area (Å²) < 4.78 is 1.18. The first-order valence-electron chi connectivity index (χ1n) is 5.35. The van der Waals surface area contributed by atoms with E-state index in [1.165, 1.54) is 22.9 Å². The van der Waals surface area contributed by atoms with Crippen LogP contribution in [0, 0.1) is 0 Å². The van der Waals surface area contributed by atoms with Crippen LogP contribution in [0.1, 0.15) is 24.3 Å². The molecule has 3 N–H and O–H groups in total. The molecule has 4 heteroatoms. The Hall–Kier alpha value is -1.29. The molecular weight excluding hydrogens is 266 g/mol. The number of hydrogen-bond acceptors (Lipinski definition) is 2. The van der Waals surface area contributed by atoms with Crippen LogP contribution in [0.5, 0.6) is 0 Å². The Balaban J connectivity index is 1.99. The standard InChI is InChI=1S/C12H12BrN3/c13-10-5-8(11-6-12(14)16-15-11)3-4-9(10)7-1-2-7/h3-7H,1-2H2,(H3,14,15,16). The van der Waals surface area contributed by atoms with E-state index in [4.69, 9.17) is 5.73 Å². The molecule has 1 heterocycles. The minimum Gasteiger partial charge on any atom is -0.382 e. The molecule has 16 heavy (non-hydrogen) atoms. The molecule has 82 valence electrons. The lowest BCUT2D eigenvalue weighted by atomic mass is 10.1. The fourth-order valence-corrected chi connectivity index (χ4v) is 2.61. The molecule has 2 aromatic rings. The number of nitrogens with zero attached hydrogens (tertiary/aromatic N) is 1. The van der Waals surface area contributed by atoms with Gasteiger partial charge in [0.2, 0.25) is 0 Å². The number of halogens is 1. The first-order valence-corrected chi connectivity index (χ1v) is 6.14.